The van der Waals surface area contributed by atoms with Crippen molar-refractivity contribution in [2.75, 3.05) is 5.32 Å². The van der Waals surface area contributed by atoms with E-state index in [2.05, 4.69) is 20.3 Å². The van der Waals surface area contributed by atoms with Crippen molar-refractivity contribution < 1.29 is 4.79 Å². The minimum atomic E-state index is -0.318. The van der Waals surface area contributed by atoms with Crippen molar-refractivity contribution in [3.8, 4) is 11.3 Å². The molecular weight excluding hydrogens is 431 g/mol. The fraction of sp³-hybridized carbons (Fsp3) is 0.0833. The van der Waals surface area contributed by atoms with Gasteiger partial charge in [-0.2, -0.15) is 0 Å². The molecule has 4 rings (SSSR count). The summed E-state index contributed by atoms with van der Waals surface area (Å²) in [5, 5.41) is 3.48. The van der Waals surface area contributed by atoms with E-state index in [0.29, 0.717) is 22.7 Å². The van der Waals surface area contributed by atoms with Crippen LogP contribution < -0.4 is 5.32 Å². The lowest BCUT2D eigenvalue weighted by Crippen LogP contribution is -2.13. The van der Waals surface area contributed by atoms with E-state index in [4.69, 9.17) is 23.2 Å². The molecule has 0 bridgehead atoms. The van der Waals surface area contributed by atoms with E-state index in [0.717, 1.165) is 28.1 Å². The SMILES string of the molecule is Cc1ccc(NC(=O)c2cccc(Cl)c2Cl)cc1Cc1ncccc1-c1ccncn1. The molecule has 0 saturated heterocycles. The Balaban J connectivity index is 1.61. The van der Waals surface area contributed by atoms with Crippen LogP contribution in [0.3, 0.4) is 0 Å². The third-order valence-electron chi connectivity index (χ3n) is 4.91. The molecule has 2 aromatic carbocycles. The van der Waals surface area contributed by atoms with Crippen molar-refractivity contribution in [1.82, 2.24) is 15.0 Å². The highest BCUT2D eigenvalue weighted by Crippen LogP contribution is 2.27. The van der Waals surface area contributed by atoms with Crippen LogP contribution in [0.2, 0.25) is 10.0 Å². The number of nitrogens with zero attached hydrogens (tertiary/aromatic N) is 3. The smallest absolute Gasteiger partial charge is 0.257 e. The second kappa shape index (κ2) is 9.25. The van der Waals surface area contributed by atoms with Crippen LogP contribution >= 0.6 is 23.2 Å². The van der Waals surface area contributed by atoms with Gasteiger partial charge in [0.25, 0.3) is 5.91 Å². The van der Waals surface area contributed by atoms with Gasteiger partial charge in [-0.05, 0) is 60.5 Å². The number of hydrogen-bond acceptors (Lipinski definition) is 4. The number of aryl methyl sites for hydroxylation is 1. The normalized spacial score (nSPS) is 10.7. The number of pyridine rings is 1. The van der Waals surface area contributed by atoms with Crippen LogP contribution in [0.15, 0.2) is 73.3 Å². The van der Waals surface area contributed by atoms with E-state index in [1.807, 2.05) is 43.3 Å². The predicted molar refractivity (Wildman–Crippen MR) is 124 cm³/mol. The molecule has 0 saturated carbocycles. The average molecular weight is 449 g/mol. The number of amides is 1. The zero-order chi connectivity index (χ0) is 21.8. The number of anilines is 1. The van der Waals surface area contributed by atoms with Crippen molar-refractivity contribution >= 4 is 34.8 Å². The maximum absolute atomic E-state index is 12.7. The minimum Gasteiger partial charge on any atom is -0.322 e. The van der Waals surface area contributed by atoms with Crippen LogP contribution in [-0.4, -0.2) is 20.9 Å². The summed E-state index contributed by atoms with van der Waals surface area (Å²) in [5.74, 6) is -0.318. The summed E-state index contributed by atoms with van der Waals surface area (Å²) in [6, 6.07) is 16.5. The van der Waals surface area contributed by atoms with Gasteiger partial charge < -0.3 is 5.32 Å². The molecule has 0 atom stereocenters. The van der Waals surface area contributed by atoms with Crippen molar-refractivity contribution in [3.63, 3.8) is 0 Å². The van der Waals surface area contributed by atoms with Crippen LogP contribution in [0, 0.1) is 6.92 Å². The molecule has 0 unspecified atom stereocenters. The number of hydrogen-bond donors (Lipinski definition) is 1. The molecule has 2 heterocycles. The Morgan fingerprint density at radius 3 is 2.68 bits per heavy atom. The molecule has 154 valence electrons. The molecule has 7 heteroatoms. The molecular formula is C24H18Cl2N4O. The van der Waals surface area contributed by atoms with E-state index in [9.17, 15) is 4.79 Å². The molecule has 2 aromatic heterocycles. The van der Waals surface area contributed by atoms with Crippen molar-refractivity contribution in [1.29, 1.82) is 0 Å². The van der Waals surface area contributed by atoms with Gasteiger partial charge in [-0.15, -0.1) is 0 Å². The standard InChI is InChI=1S/C24H18Cl2N4O/c1-15-7-8-17(30-24(31)19-4-2-6-20(25)23(19)26)12-16(15)13-22-18(5-3-10-28-22)21-9-11-27-14-29-21/h2-12,14H,13H2,1H3,(H,30,31). The Morgan fingerprint density at radius 1 is 1.00 bits per heavy atom. The van der Waals surface area contributed by atoms with Gasteiger partial charge >= 0.3 is 0 Å². The summed E-state index contributed by atoms with van der Waals surface area (Å²) in [7, 11) is 0. The highest BCUT2D eigenvalue weighted by Gasteiger charge is 2.14. The van der Waals surface area contributed by atoms with Gasteiger partial charge in [0.1, 0.15) is 6.33 Å². The van der Waals surface area contributed by atoms with Crippen molar-refractivity contribution in [2.45, 2.75) is 13.3 Å². The summed E-state index contributed by atoms with van der Waals surface area (Å²) in [6.45, 7) is 2.03. The second-order valence-electron chi connectivity index (χ2n) is 6.97. The predicted octanol–water partition coefficient (Wildman–Crippen LogP) is 6.00. The lowest BCUT2D eigenvalue weighted by Gasteiger charge is -2.13. The van der Waals surface area contributed by atoms with Crippen molar-refractivity contribution in [3.05, 3.63) is 106 Å². The van der Waals surface area contributed by atoms with Crippen LogP contribution in [0.25, 0.3) is 11.3 Å². The summed E-state index contributed by atoms with van der Waals surface area (Å²) in [5.41, 5.74) is 5.79. The van der Waals surface area contributed by atoms with Gasteiger partial charge in [-0.1, -0.05) is 35.3 Å². The van der Waals surface area contributed by atoms with Crippen LogP contribution in [-0.2, 0) is 6.42 Å². The molecule has 5 nitrogen and oxygen atoms in total. The Hall–Kier alpha value is -3.28. The van der Waals surface area contributed by atoms with Crippen molar-refractivity contribution in [2.24, 2.45) is 0 Å². The molecule has 0 fully saturated rings. The quantitative estimate of drug-likeness (QED) is 0.406. The Kier molecular flexibility index (Phi) is 6.26. The number of halogens is 2. The molecule has 4 aromatic rings. The molecule has 1 N–H and O–H groups in total. The van der Waals surface area contributed by atoms with Gasteiger partial charge in [0, 0.05) is 30.1 Å². The lowest BCUT2D eigenvalue weighted by atomic mass is 9.99. The van der Waals surface area contributed by atoms with Gasteiger partial charge in [-0.25, -0.2) is 9.97 Å². The van der Waals surface area contributed by atoms with Gasteiger partial charge in [0.05, 0.1) is 27.0 Å². The monoisotopic (exact) mass is 448 g/mol. The first-order chi connectivity index (χ1) is 15.0. The zero-order valence-corrected chi connectivity index (χ0v) is 18.2. The minimum absolute atomic E-state index is 0.233. The molecule has 0 spiro atoms. The second-order valence-corrected chi connectivity index (χ2v) is 7.75. The molecule has 31 heavy (non-hydrogen) atoms. The Morgan fingerprint density at radius 2 is 1.87 bits per heavy atom. The molecule has 0 aliphatic carbocycles. The lowest BCUT2D eigenvalue weighted by molar-refractivity contribution is 0.102. The largest absolute Gasteiger partial charge is 0.322 e. The van der Waals surface area contributed by atoms with Gasteiger partial charge in [0.15, 0.2) is 0 Å². The first kappa shape index (κ1) is 21.0. The van der Waals surface area contributed by atoms with E-state index >= 15 is 0 Å². The number of carbonyl (C=O) groups excluding carboxylic acids is 1. The first-order valence-electron chi connectivity index (χ1n) is 9.58. The van der Waals surface area contributed by atoms with Crippen LogP contribution in [0.5, 0.6) is 0 Å². The summed E-state index contributed by atoms with van der Waals surface area (Å²) >= 11 is 12.2. The summed E-state index contributed by atoms with van der Waals surface area (Å²) in [4.78, 5) is 25.6. The Bertz CT molecular complexity index is 1250. The number of benzene rings is 2. The van der Waals surface area contributed by atoms with Crippen LogP contribution in [0.4, 0.5) is 5.69 Å². The summed E-state index contributed by atoms with van der Waals surface area (Å²) in [6.07, 6.45) is 5.59. The number of carbonyl (C=O) groups is 1. The Labute approximate surface area is 190 Å². The van der Waals surface area contributed by atoms with E-state index < -0.39 is 0 Å². The average Bonchev–Trinajstić information content (AvgIpc) is 2.79. The third kappa shape index (κ3) is 4.74. The van der Waals surface area contributed by atoms with Gasteiger partial charge in [0.2, 0.25) is 0 Å². The zero-order valence-electron chi connectivity index (χ0n) is 16.6. The highest BCUT2D eigenvalue weighted by atomic mass is 35.5. The van der Waals surface area contributed by atoms with E-state index in [-0.39, 0.29) is 10.9 Å². The topological polar surface area (TPSA) is 67.8 Å². The fourth-order valence-corrected chi connectivity index (χ4v) is 3.65. The number of nitrogens with one attached hydrogen (secondary N) is 1. The highest BCUT2D eigenvalue weighted by molar-refractivity contribution is 6.44. The number of aromatic nitrogens is 3. The molecule has 0 aliphatic rings. The van der Waals surface area contributed by atoms with E-state index in [1.54, 1.807) is 30.6 Å². The molecule has 0 radical (unpaired) electrons. The maximum Gasteiger partial charge on any atom is 0.257 e. The van der Waals surface area contributed by atoms with E-state index in [1.165, 1.54) is 6.33 Å². The summed E-state index contributed by atoms with van der Waals surface area (Å²) < 4.78 is 0. The fourth-order valence-electron chi connectivity index (χ4n) is 3.26. The molecule has 0 aliphatic heterocycles. The van der Waals surface area contributed by atoms with Gasteiger partial charge in [-0.3, -0.25) is 9.78 Å². The number of rotatable bonds is 5. The van der Waals surface area contributed by atoms with Crippen LogP contribution in [0.1, 0.15) is 27.2 Å². The maximum atomic E-state index is 12.7. The molecule has 1 amide bonds. The first-order valence-corrected chi connectivity index (χ1v) is 10.3. The third-order valence-corrected chi connectivity index (χ3v) is 5.73.